The molecule has 0 fully saturated rings. The van der Waals surface area contributed by atoms with Crippen LogP contribution < -0.4 is 4.74 Å². The molecule has 2 rings (SSSR count). The maximum absolute atomic E-state index is 5.84. The molecule has 1 atom stereocenters. The molecule has 0 aliphatic carbocycles. The summed E-state index contributed by atoms with van der Waals surface area (Å²) in [6.45, 7) is 4.32. The van der Waals surface area contributed by atoms with E-state index < -0.39 is 0 Å². The Bertz CT molecular complexity index is 304. The van der Waals surface area contributed by atoms with Gasteiger partial charge in [0, 0.05) is 0 Å². The molecule has 1 aromatic rings. The molecule has 1 aliphatic heterocycles. The lowest BCUT2D eigenvalue weighted by Crippen LogP contribution is -2.21. The molecule has 0 aromatic heterocycles. The van der Waals surface area contributed by atoms with Crippen LogP contribution in [-0.4, -0.2) is 6.10 Å². The van der Waals surface area contributed by atoms with E-state index in [1.165, 1.54) is 24.0 Å². The van der Waals surface area contributed by atoms with E-state index in [2.05, 4.69) is 32.0 Å². The van der Waals surface area contributed by atoms with E-state index in [0.29, 0.717) is 6.10 Å². The molecule has 1 heteroatoms. The lowest BCUT2D eigenvalue weighted by molar-refractivity contribution is 0.169. The Morgan fingerprint density at radius 3 is 3.08 bits per heavy atom. The summed E-state index contributed by atoms with van der Waals surface area (Å²) in [7, 11) is 0. The van der Waals surface area contributed by atoms with Gasteiger partial charge in [-0.3, -0.25) is 0 Å². The average molecular weight is 176 g/mol. The van der Waals surface area contributed by atoms with Crippen LogP contribution in [0.4, 0.5) is 0 Å². The molecule has 0 amide bonds. The van der Waals surface area contributed by atoms with Gasteiger partial charge in [0.1, 0.15) is 5.75 Å². The van der Waals surface area contributed by atoms with Crippen LogP contribution in [0.2, 0.25) is 0 Å². The molecule has 0 bridgehead atoms. The van der Waals surface area contributed by atoms with Crippen LogP contribution in [0.3, 0.4) is 0 Å². The smallest absolute Gasteiger partial charge is 0.122 e. The van der Waals surface area contributed by atoms with E-state index >= 15 is 0 Å². The normalized spacial score (nSPS) is 20.6. The van der Waals surface area contributed by atoms with E-state index in [1.54, 1.807) is 0 Å². The largest absolute Gasteiger partial charge is 0.490 e. The Labute approximate surface area is 79.7 Å². The summed E-state index contributed by atoms with van der Waals surface area (Å²) in [4.78, 5) is 0. The van der Waals surface area contributed by atoms with Gasteiger partial charge in [-0.05, 0) is 37.8 Å². The van der Waals surface area contributed by atoms with Crippen LogP contribution in [0.25, 0.3) is 0 Å². The van der Waals surface area contributed by atoms with Crippen molar-refractivity contribution >= 4 is 0 Å². The zero-order valence-electron chi connectivity index (χ0n) is 8.34. The van der Waals surface area contributed by atoms with Crippen molar-refractivity contribution in [1.82, 2.24) is 0 Å². The number of ether oxygens (including phenoxy) is 1. The van der Waals surface area contributed by atoms with Gasteiger partial charge in [-0.1, -0.05) is 24.6 Å². The summed E-state index contributed by atoms with van der Waals surface area (Å²) >= 11 is 0. The second-order valence-electron chi connectivity index (χ2n) is 3.80. The van der Waals surface area contributed by atoms with E-state index in [9.17, 15) is 0 Å². The summed E-state index contributed by atoms with van der Waals surface area (Å²) in [6.07, 6.45) is 3.91. The van der Waals surface area contributed by atoms with Gasteiger partial charge < -0.3 is 4.74 Å². The Balaban J connectivity index is 2.26. The molecule has 1 aliphatic rings. The predicted octanol–water partition coefficient (Wildman–Crippen LogP) is 3.10. The van der Waals surface area contributed by atoms with Crippen molar-refractivity contribution in [3.05, 3.63) is 29.3 Å². The molecule has 13 heavy (non-hydrogen) atoms. The second kappa shape index (κ2) is 3.41. The van der Waals surface area contributed by atoms with E-state index in [4.69, 9.17) is 4.74 Å². The third kappa shape index (κ3) is 1.69. The van der Waals surface area contributed by atoms with Gasteiger partial charge in [0.2, 0.25) is 0 Å². The topological polar surface area (TPSA) is 9.23 Å². The highest BCUT2D eigenvalue weighted by Crippen LogP contribution is 2.29. The molecule has 0 saturated heterocycles. The molecule has 1 heterocycles. The first-order chi connectivity index (χ1) is 6.29. The monoisotopic (exact) mass is 176 g/mol. The Morgan fingerprint density at radius 2 is 2.31 bits per heavy atom. The fraction of sp³-hybridized carbons (Fsp3) is 0.500. The van der Waals surface area contributed by atoms with Crippen molar-refractivity contribution in [2.24, 2.45) is 0 Å². The predicted molar refractivity (Wildman–Crippen MR) is 54.2 cm³/mol. The highest BCUT2D eigenvalue weighted by Gasteiger charge is 2.17. The molecule has 70 valence electrons. The molecule has 0 saturated carbocycles. The average Bonchev–Trinajstić information content (AvgIpc) is 2.17. The molecular formula is C12H16O. The van der Waals surface area contributed by atoms with Gasteiger partial charge >= 0.3 is 0 Å². The summed E-state index contributed by atoms with van der Waals surface area (Å²) in [5, 5.41) is 0. The molecule has 0 radical (unpaired) electrons. The standard InChI is InChI=1S/C12H16O/c1-3-11-6-5-10-8-9(2)4-7-12(10)13-11/h4,7-8,11H,3,5-6H2,1-2H3. The van der Waals surface area contributed by atoms with Crippen molar-refractivity contribution < 1.29 is 4.74 Å². The SMILES string of the molecule is CCC1CCc2cc(C)ccc2O1. The summed E-state index contributed by atoms with van der Waals surface area (Å²) < 4.78 is 5.84. The second-order valence-corrected chi connectivity index (χ2v) is 3.80. The summed E-state index contributed by atoms with van der Waals surface area (Å²) in [6, 6.07) is 6.46. The van der Waals surface area contributed by atoms with E-state index in [-0.39, 0.29) is 0 Å². The van der Waals surface area contributed by atoms with Gasteiger partial charge in [-0.25, -0.2) is 0 Å². The zero-order chi connectivity index (χ0) is 9.26. The maximum atomic E-state index is 5.84. The lowest BCUT2D eigenvalue weighted by Gasteiger charge is -2.25. The summed E-state index contributed by atoms with van der Waals surface area (Å²) in [5.74, 6) is 1.10. The van der Waals surface area contributed by atoms with Crippen molar-refractivity contribution in [1.29, 1.82) is 0 Å². The summed E-state index contributed by atoms with van der Waals surface area (Å²) in [5.41, 5.74) is 2.71. The molecular weight excluding hydrogens is 160 g/mol. The highest BCUT2D eigenvalue weighted by atomic mass is 16.5. The minimum atomic E-state index is 0.440. The molecule has 0 N–H and O–H groups in total. The van der Waals surface area contributed by atoms with E-state index in [0.717, 1.165) is 12.2 Å². The first-order valence-electron chi connectivity index (χ1n) is 5.06. The van der Waals surface area contributed by atoms with Crippen LogP contribution in [0, 0.1) is 6.92 Å². The van der Waals surface area contributed by atoms with Crippen LogP contribution in [0.1, 0.15) is 30.9 Å². The van der Waals surface area contributed by atoms with Crippen LogP contribution in [0.5, 0.6) is 5.75 Å². The van der Waals surface area contributed by atoms with Crippen molar-refractivity contribution in [2.45, 2.75) is 39.2 Å². The van der Waals surface area contributed by atoms with Crippen molar-refractivity contribution in [2.75, 3.05) is 0 Å². The fourth-order valence-corrected chi connectivity index (χ4v) is 1.86. The molecule has 1 unspecified atom stereocenters. The van der Waals surface area contributed by atoms with Gasteiger partial charge in [-0.2, -0.15) is 0 Å². The minimum Gasteiger partial charge on any atom is -0.490 e. The number of aryl methyl sites for hydroxylation is 2. The Kier molecular flexibility index (Phi) is 2.26. The van der Waals surface area contributed by atoms with Crippen molar-refractivity contribution in [3.8, 4) is 5.75 Å². The minimum absolute atomic E-state index is 0.440. The Morgan fingerprint density at radius 1 is 1.46 bits per heavy atom. The maximum Gasteiger partial charge on any atom is 0.122 e. The zero-order valence-corrected chi connectivity index (χ0v) is 8.34. The molecule has 0 spiro atoms. The Hall–Kier alpha value is -0.980. The number of fused-ring (bicyclic) bond motifs is 1. The van der Waals surface area contributed by atoms with Crippen molar-refractivity contribution in [3.63, 3.8) is 0 Å². The third-order valence-corrected chi connectivity index (χ3v) is 2.70. The lowest BCUT2D eigenvalue weighted by atomic mass is 9.99. The first-order valence-corrected chi connectivity index (χ1v) is 5.06. The number of rotatable bonds is 1. The van der Waals surface area contributed by atoms with Gasteiger partial charge in [0.25, 0.3) is 0 Å². The number of hydrogen-bond acceptors (Lipinski definition) is 1. The van der Waals surface area contributed by atoms with Gasteiger partial charge in [0.05, 0.1) is 6.10 Å². The number of hydrogen-bond donors (Lipinski definition) is 0. The number of benzene rings is 1. The third-order valence-electron chi connectivity index (χ3n) is 2.70. The quantitative estimate of drug-likeness (QED) is 0.639. The highest BCUT2D eigenvalue weighted by molar-refractivity contribution is 5.38. The van der Waals surface area contributed by atoms with Gasteiger partial charge in [0.15, 0.2) is 0 Å². The molecule has 1 nitrogen and oxygen atoms in total. The van der Waals surface area contributed by atoms with Crippen LogP contribution >= 0.6 is 0 Å². The fourth-order valence-electron chi connectivity index (χ4n) is 1.86. The molecule has 1 aromatic carbocycles. The van der Waals surface area contributed by atoms with E-state index in [1.807, 2.05) is 0 Å². The van der Waals surface area contributed by atoms with Gasteiger partial charge in [-0.15, -0.1) is 0 Å². The van der Waals surface area contributed by atoms with Crippen LogP contribution in [-0.2, 0) is 6.42 Å². The van der Waals surface area contributed by atoms with Crippen LogP contribution in [0.15, 0.2) is 18.2 Å². The first kappa shape index (κ1) is 8.61.